The number of aliphatic carboxylic acids is 1. The van der Waals surface area contributed by atoms with Gasteiger partial charge in [-0.2, -0.15) is 0 Å². The predicted octanol–water partition coefficient (Wildman–Crippen LogP) is -1.78. The van der Waals surface area contributed by atoms with Crippen LogP contribution < -0.4 is 9.83 Å². The lowest BCUT2D eigenvalue weighted by molar-refractivity contribution is -0.308. The number of carbonyl (C=O) groups is 1. The zero-order valence-electron chi connectivity index (χ0n) is 8.87. The molecule has 0 saturated heterocycles. The number of benzene rings is 1. The molecule has 1 aromatic rings. The Morgan fingerprint density at radius 3 is 2.41 bits per heavy atom. The Hall–Kier alpha value is -1.44. The monoisotopic (exact) mass is 258 g/mol. The van der Waals surface area contributed by atoms with Gasteiger partial charge in [0.25, 0.3) is 0 Å². The van der Waals surface area contributed by atoms with E-state index < -0.39 is 28.6 Å². The molecule has 17 heavy (non-hydrogen) atoms. The molecule has 0 radical (unpaired) electrons. The van der Waals surface area contributed by atoms with Gasteiger partial charge in [-0.3, -0.25) is 0 Å². The summed E-state index contributed by atoms with van der Waals surface area (Å²) in [6.45, 7) is -0.851. The molecular weight excluding hydrogens is 246 g/mol. The van der Waals surface area contributed by atoms with Gasteiger partial charge in [-0.25, -0.2) is 13.1 Å². The molecule has 0 heterocycles. The lowest BCUT2D eigenvalue weighted by atomic mass is 10.2. The number of carboxylic acids is 1. The summed E-state index contributed by atoms with van der Waals surface area (Å²) < 4.78 is 25.0. The van der Waals surface area contributed by atoms with Crippen molar-refractivity contribution in [2.75, 3.05) is 6.61 Å². The number of sulfonamides is 1. The van der Waals surface area contributed by atoms with Crippen LogP contribution in [0, 0.1) is 0 Å². The maximum absolute atomic E-state index is 11.6. The van der Waals surface area contributed by atoms with E-state index in [1.165, 1.54) is 0 Å². The molecule has 0 fully saturated rings. The van der Waals surface area contributed by atoms with Crippen molar-refractivity contribution in [1.82, 2.24) is 4.72 Å². The van der Waals surface area contributed by atoms with Crippen LogP contribution in [-0.4, -0.2) is 32.1 Å². The quantitative estimate of drug-likeness (QED) is 0.627. The van der Waals surface area contributed by atoms with Gasteiger partial charge in [-0.15, -0.1) is 0 Å². The van der Waals surface area contributed by atoms with E-state index in [0.29, 0.717) is 5.56 Å². The SMILES string of the molecule is O=C([O-])C(CO)NS(=O)(=O)Cc1ccccc1. The standard InChI is InChI=1S/C10H13NO5S/c12-6-9(10(13)14)11-17(15,16)7-8-4-2-1-3-5-8/h1-5,9,11-12H,6-7H2,(H,13,14)/p-1. The van der Waals surface area contributed by atoms with Crippen molar-refractivity contribution in [2.45, 2.75) is 11.8 Å². The summed E-state index contributed by atoms with van der Waals surface area (Å²) >= 11 is 0. The predicted molar refractivity (Wildman–Crippen MR) is 58.1 cm³/mol. The van der Waals surface area contributed by atoms with Crippen molar-refractivity contribution in [3.8, 4) is 0 Å². The molecule has 0 aliphatic carbocycles. The Bertz CT molecular complexity index is 471. The van der Waals surface area contributed by atoms with E-state index in [-0.39, 0.29) is 5.75 Å². The van der Waals surface area contributed by atoms with E-state index in [9.17, 15) is 18.3 Å². The Labute approximate surface area is 99.0 Å². The lowest BCUT2D eigenvalue weighted by Gasteiger charge is -2.17. The Balaban J connectivity index is 2.73. The largest absolute Gasteiger partial charge is 0.548 e. The van der Waals surface area contributed by atoms with Gasteiger partial charge in [0.05, 0.1) is 24.4 Å². The van der Waals surface area contributed by atoms with Crippen molar-refractivity contribution in [3.05, 3.63) is 35.9 Å². The van der Waals surface area contributed by atoms with Crippen LogP contribution in [0.3, 0.4) is 0 Å². The van der Waals surface area contributed by atoms with Gasteiger partial charge in [0.2, 0.25) is 10.0 Å². The van der Waals surface area contributed by atoms with E-state index in [2.05, 4.69) is 0 Å². The summed E-state index contributed by atoms with van der Waals surface area (Å²) in [6, 6.07) is 6.67. The second-order valence-corrected chi connectivity index (χ2v) is 5.17. The van der Waals surface area contributed by atoms with Gasteiger partial charge in [-0.1, -0.05) is 30.3 Å². The first-order chi connectivity index (χ1) is 7.94. The van der Waals surface area contributed by atoms with E-state index >= 15 is 0 Å². The fourth-order valence-electron chi connectivity index (χ4n) is 1.21. The molecule has 94 valence electrons. The molecule has 1 atom stereocenters. The molecule has 1 unspecified atom stereocenters. The van der Waals surface area contributed by atoms with Crippen LogP contribution in [0.1, 0.15) is 5.56 Å². The van der Waals surface area contributed by atoms with Crippen LogP contribution in [0.4, 0.5) is 0 Å². The van der Waals surface area contributed by atoms with Crippen LogP contribution in [0.15, 0.2) is 30.3 Å². The first-order valence-electron chi connectivity index (χ1n) is 4.80. The molecule has 0 aliphatic heterocycles. The van der Waals surface area contributed by atoms with Crippen molar-refractivity contribution in [1.29, 1.82) is 0 Å². The molecule has 0 aromatic heterocycles. The molecule has 0 spiro atoms. The van der Waals surface area contributed by atoms with Crippen LogP contribution in [0.5, 0.6) is 0 Å². The molecule has 0 amide bonds. The topological polar surface area (TPSA) is 107 Å². The van der Waals surface area contributed by atoms with Gasteiger partial charge in [0.15, 0.2) is 0 Å². The zero-order chi connectivity index (χ0) is 12.9. The minimum atomic E-state index is -3.82. The normalized spacial score (nSPS) is 13.2. The van der Waals surface area contributed by atoms with Gasteiger partial charge >= 0.3 is 0 Å². The Kier molecular flexibility index (Phi) is 4.62. The molecule has 1 rings (SSSR count). The zero-order valence-corrected chi connectivity index (χ0v) is 9.68. The van der Waals surface area contributed by atoms with Crippen LogP contribution in [0.2, 0.25) is 0 Å². The van der Waals surface area contributed by atoms with Crippen molar-refractivity contribution in [2.24, 2.45) is 0 Å². The molecule has 0 saturated carbocycles. The summed E-state index contributed by atoms with van der Waals surface area (Å²) in [7, 11) is -3.82. The van der Waals surface area contributed by atoms with Gasteiger partial charge in [0, 0.05) is 0 Å². The van der Waals surface area contributed by atoms with Crippen molar-refractivity contribution >= 4 is 16.0 Å². The fourth-order valence-corrected chi connectivity index (χ4v) is 2.53. The third kappa shape index (κ3) is 4.51. The highest BCUT2D eigenvalue weighted by atomic mass is 32.2. The number of carbonyl (C=O) groups excluding carboxylic acids is 1. The highest BCUT2D eigenvalue weighted by Gasteiger charge is 2.18. The van der Waals surface area contributed by atoms with Crippen molar-refractivity contribution in [3.63, 3.8) is 0 Å². The molecule has 0 bridgehead atoms. The third-order valence-corrected chi connectivity index (χ3v) is 3.35. The summed E-state index contributed by atoms with van der Waals surface area (Å²) in [5.41, 5.74) is 0.523. The Morgan fingerprint density at radius 2 is 1.94 bits per heavy atom. The Morgan fingerprint density at radius 1 is 1.35 bits per heavy atom. The van der Waals surface area contributed by atoms with E-state index in [1.807, 2.05) is 4.72 Å². The second kappa shape index (κ2) is 5.76. The van der Waals surface area contributed by atoms with Crippen LogP contribution >= 0.6 is 0 Å². The number of carboxylic acid groups (broad SMARTS) is 1. The number of aliphatic hydroxyl groups excluding tert-OH is 1. The molecule has 1 aromatic carbocycles. The lowest BCUT2D eigenvalue weighted by Crippen LogP contribution is -2.50. The maximum atomic E-state index is 11.6. The molecule has 6 nitrogen and oxygen atoms in total. The average Bonchev–Trinajstić information content (AvgIpc) is 2.26. The average molecular weight is 258 g/mol. The number of rotatable bonds is 6. The summed E-state index contributed by atoms with van der Waals surface area (Å²) in [5.74, 6) is -2.01. The summed E-state index contributed by atoms with van der Waals surface area (Å²) in [5, 5.41) is 19.1. The van der Waals surface area contributed by atoms with E-state index in [0.717, 1.165) is 0 Å². The summed E-state index contributed by atoms with van der Waals surface area (Å²) in [4.78, 5) is 10.5. The molecular formula is C10H12NO5S-. The van der Waals surface area contributed by atoms with Gasteiger partial charge in [-0.05, 0) is 5.56 Å². The third-order valence-electron chi connectivity index (χ3n) is 1.99. The van der Waals surface area contributed by atoms with Gasteiger partial charge in [0.1, 0.15) is 0 Å². The first-order valence-corrected chi connectivity index (χ1v) is 6.45. The minimum absolute atomic E-state index is 0.350. The smallest absolute Gasteiger partial charge is 0.216 e. The number of nitrogens with one attached hydrogen (secondary N) is 1. The molecule has 7 heteroatoms. The van der Waals surface area contributed by atoms with Crippen LogP contribution in [0.25, 0.3) is 0 Å². The number of hydrogen-bond acceptors (Lipinski definition) is 5. The first kappa shape index (κ1) is 13.6. The highest BCUT2D eigenvalue weighted by Crippen LogP contribution is 2.04. The van der Waals surface area contributed by atoms with Crippen molar-refractivity contribution < 1.29 is 23.4 Å². The second-order valence-electron chi connectivity index (χ2n) is 3.42. The van der Waals surface area contributed by atoms with Crippen LogP contribution in [-0.2, 0) is 20.6 Å². The maximum Gasteiger partial charge on any atom is 0.216 e. The highest BCUT2D eigenvalue weighted by molar-refractivity contribution is 7.88. The minimum Gasteiger partial charge on any atom is -0.548 e. The molecule has 0 aliphatic rings. The van der Waals surface area contributed by atoms with E-state index in [1.54, 1.807) is 30.3 Å². The number of aliphatic hydroxyl groups is 1. The molecule has 2 N–H and O–H groups in total. The summed E-state index contributed by atoms with van der Waals surface area (Å²) in [6.07, 6.45) is 0. The fraction of sp³-hybridized carbons (Fsp3) is 0.300. The van der Waals surface area contributed by atoms with Gasteiger partial charge < -0.3 is 15.0 Å². The van der Waals surface area contributed by atoms with E-state index in [4.69, 9.17) is 5.11 Å². The number of hydrogen-bond donors (Lipinski definition) is 2.